The fourth-order valence-corrected chi connectivity index (χ4v) is 2.86. The van der Waals surface area contributed by atoms with E-state index in [0.29, 0.717) is 17.1 Å². The largest absolute Gasteiger partial charge is 0.484 e. The Hall–Kier alpha value is -3.25. The molecule has 2 aromatic carbocycles. The van der Waals surface area contributed by atoms with Gasteiger partial charge in [-0.1, -0.05) is 23.7 Å². The molecule has 0 saturated heterocycles. The number of carbonyl (C=O) groups is 2. The molecule has 0 aliphatic rings. The molecule has 0 atom stereocenters. The van der Waals surface area contributed by atoms with Crippen LogP contribution in [0.4, 0.5) is 5.69 Å². The van der Waals surface area contributed by atoms with Gasteiger partial charge < -0.3 is 19.6 Å². The molecule has 1 aromatic heterocycles. The van der Waals surface area contributed by atoms with Gasteiger partial charge in [0.05, 0.1) is 17.5 Å². The molecule has 3 rings (SSSR count). The van der Waals surface area contributed by atoms with Crippen LogP contribution in [0.2, 0.25) is 5.02 Å². The average Bonchev–Trinajstić information content (AvgIpc) is 3.17. The average molecular weight is 386 g/mol. The van der Waals surface area contributed by atoms with Crippen LogP contribution in [0.1, 0.15) is 15.9 Å². The predicted molar refractivity (Wildman–Crippen MR) is 101 cm³/mol. The number of benzene rings is 2. The smallest absolute Gasteiger partial charge is 0.337 e. The highest BCUT2D eigenvalue weighted by molar-refractivity contribution is 6.31. The molecule has 0 aliphatic heterocycles. The minimum Gasteiger partial charge on any atom is -0.484 e. The fourth-order valence-electron chi connectivity index (χ4n) is 2.58. The van der Waals surface area contributed by atoms with Crippen molar-refractivity contribution >= 4 is 29.2 Å². The van der Waals surface area contributed by atoms with Crippen molar-refractivity contribution in [3.8, 4) is 17.1 Å². The molecule has 1 heterocycles. The molecule has 0 unspecified atom stereocenters. The highest BCUT2D eigenvalue weighted by atomic mass is 35.5. The molecule has 6 nitrogen and oxygen atoms in total. The molecule has 138 valence electrons. The van der Waals surface area contributed by atoms with Crippen LogP contribution < -0.4 is 10.1 Å². The van der Waals surface area contributed by atoms with Crippen molar-refractivity contribution in [1.82, 2.24) is 0 Å². The molecule has 0 fully saturated rings. The predicted octanol–water partition coefficient (Wildman–Crippen LogP) is 4.62. The van der Waals surface area contributed by atoms with Crippen LogP contribution in [0, 0.1) is 6.92 Å². The van der Waals surface area contributed by atoms with E-state index in [0.717, 1.165) is 5.56 Å². The maximum absolute atomic E-state index is 12.2. The standard InChI is InChI=1S/C20H16ClNO5/c1-12-8-14(21)10-16(20(24)25)19(12)22-18(23)11-27-15-5-2-4-13(9-15)17-6-3-7-26-17/h2-10H,11H2,1H3,(H,22,23)(H,24,25). The lowest BCUT2D eigenvalue weighted by molar-refractivity contribution is -0.118. The third-order valence-electron chi connectivity index (χ3n) is 3.80. The maximum Gasteiger partial charge on any atom is 0.337 e. The van der Waals surface area contributed by atoms with Gasteiger partial charge in [-0.25, -0.2) is 4.79 Å². The first-order valence-corrected chi connectivity index (χ1v) is 8.42. The molecule has 0 bridgehead atoms. The lowest BCUT2D eigenvalue weighted by atomic mass is 10.1. The van der Waals surface area contributed by atoms with Crippen LogP contribution in [-0.4, -0.2) is 23.6 Å². The number of aryl methyl sites for hydroxylation is 1. The molecular formula is C20H16ClNO5. The van der Waals surface area contributed by atoms with Gasteiger partial charge in [-0.2, -0.15) is 0 Å². The molecule has 27 heavy (non-hydrogen) atoms. The molecule has 0 spiro atoms. The van der Waals surface area contributed by atoms with Gasteiger partial charge >= 0.3 is 5.97 Å². The molecule has 1 amide bonds. The van der Waals surface area contributed by atoms with E-state index in [4.69, 9.17) is 20.8 Å². The summed E-state index contributed by atoms with van der Waals surface area (Å²) in [7, 11) is 0. The number of carboxylic acids is 1. The second-order valence-corrected chi connectivity index (χ2v) is 6.23. The number of carbonyl (C=O) groups excluding carboxylic acids is 1. The van der Waals surface area contributed by atoms with Gasteiger partial charge in [-0.15, -0.1) is 0 Å². The number of anilines is 1. The van der Waals surface area contributed by atoms with Gasteiger partial charge in [0.15, 0.2) is 6.61 Å². The van der Waals surface area contributed by atoms with Crippen LogP contribution in [0.5, 0.6) is 5.75 Å². The SMILES string of the molecule is Cc1cc(Cl)cc(C(=O)O)c1NC(=O)COc1cccc(-c2ccco2)c1. The Balaban J connectivity index is 1.69. The summed E-state index contributed by atoms with van der Waals surface area (Å²) in [4.78, 5) is 23.6. The molecule has 3 aromatic rings. The zero-order valence-corrected chi connectivity index (χ0v) is 15.1. The summed E-state index contributed by atoms with van der Waals surface area (Å²) in [6, 6.07) is 13.6. The first kappa shape index (κ1) is 18.5. The number of hydrogen-bond donors (Lipinski definition) is 2. The van der Waals surface area contributed by atoms with Gasteiger partial charge in [0, 0.05) is 10.6 Å². The van der Waals surface area contributed by atoms with Crippen LogP contribution in [0.3, 0.4) is 0 Å². The highest BCUT2D eigenvalue weighted by Crippen LogP contribution is 2.26. The van der Waals surface area contributed by atoms with Crippen LogP contribution in [-0.2, 0) is 4.79 Å². The van der Waals surface area contributed by atoms with Crippen molar-refractivity contribution in [3.05, 3.63) is 70.9 Å². The molecule has 0 saturated carbocycles. The summed E-state index contributed by atoms with van der Waals surface area (Å²) in [5.74, 6) is -0.479. The third-order valence-corrected chi connectivity index (χ3v) is 4.02. The minimum atomic E-state index is -1.18. The van der Waals surface area contributed by atoms with Crippen molar-refractivity contribution in [2.45, 2.75) is 6.92 Å². The van der Waals surface area contributed by atoms with E-state index in [9.17, 15) is 14.7 Å². The molecule has 2 N–H and O–H groups in total. The molecule has 0 radical (unpaired) electrons. The summed E-state index contributed by atoms with van der Waals surface area (Å²) in [6.07, 6.45) is 1.57. The Kier molecular flexibility index (Phi) is 5.47. The Morgan fingerprint density at radius 3 is 2.70 bits per heavy atom. The first-order valence-electron chi connectivity index (χ1n) is 8.04. The topological polar surface area (TPSA) is 88.8 Å². The summed E-state index contributed by atoms with van der Waals surface area (Å²) < 4.78 is 10.9. The van der Waals surface area contributed by atoms with Gasteiger partial charge in [-0.05, 0) is 48.9 Å². The number of nitrogens with one attached hydrogen (secondary N) is 1. The number of aromatic carboxylic acids is 1. The van der Waals surface area contributed by atoms with Crippen LogP contribution >= 0.6 is 11.6 Å². The van der Waals surface area contributed by atoms with Crippen molar-refractivity contribution in [1.29, 1.82) is 0 Å². The number of amides is 1. The van der Waals surface area contributed by atoms with Gasteiger partial charge in [0.25, 0.3) is 5.91 Å². The summed E-state index contributed by atoms with van der Waals surface area (Å²) in [5, 5.41) is 12.2. The number of hydrogen-bond acceptors (Lipinski definition) is 4. The summed E-state index contributed by atoms with van der Waals surface area (Å²) in [6.45, 7) is 1.39. The Labute approximate surface area is 160 Å². The second-order valence-electron chi connectivity index (χ2n) is 5.79. The number of halogens is 1. The monoisotopic (exact) mass is 385 g/mol. The summed E-state index contributed by atoms with van der Waals surface area (Å²) >= 11 is 5.89. The zero-order chi connectivity index (χ0) is 19.4. The van der Waals surface area contributed by atoms with Gasteiger partial charge in [-0.3, -0.25) is 4.79 Å². The summed E-state index contributed by atoms with van der Waals surface area (Å²) in [5.41, 5.74) is 1.49. The van der Waals surface area contributed by atoms with Crippen molar-refractivity contribution in [2.75, 3.05) is 11.9 Å². The second kappa shape index (κ2) is 7.97. The Morgan fingerprint density at radius 1 is 1.19 bits per heavy atom. The third kappa shape index (κ3) is 4.48. The van der Waals surface area contributed by atoms with Crippen LogP contribution in [0.25, 0.3) is 11.3 Å². The highest BCUT2D eigenvalue weighted by Gasteiger charge is 2.16. The first-order chi connectivity index (χ1) is 12.9. The van der Waals surface area contributed by atoms with E-state index in [1.54, 1.807) is 43.5 Å². The van der Waals surface area contributed by atoms with Crippen LogP contribution in [0.15, 0.2) is 59.2 Å². The van der Waals surface area contributed by atoms with E-state index in [1.165, 1.54) is 6.07 Å². The van der Waals surface area contributed by atoms with Crippen molar-refractivity contribution in [3.63, 3.8) is 0 Å². The van der Waals surface area contributed by atoms with Gasteiger partial charge in [0.1, 0.15) is 11.5 Å². The molecule has 7 heteroatoms. The number of carboxylic acid groups (broad SMARTS) is 1. The van der Waals surface area contributed by atoms with Crippen molar-refractivity contribution in [2.24, 2.45) is 0 Å². The lowest BCUT2D eigenvalue weighted by Crippen LogP contribution is -2.22. The van der Waals surface area contributed by atoms with E-state index in [1.807, 2.05) is 12.1 Å². The molecule has 0 aliphatic carbocycles. The maximum atomic E-state index is 12.2. The minimum absolute atomic E-state index is 0.0758. The fraction of sp³-hybridized carbons (Fsp3) is 0.100. The quantitative estimate of drug-likeness (QED) is 0.646. The Morgan fingerprint density at radius 2 is 2.00 bits per heavy atom. The number of furan rings is 1. The van der Waals surface area contributed by atoms with Gasteiger partial charge in [0.2, 0.25) is 0 Å². The van der Waals surface area contributed by atoms with E-state index in [2.05, 4.69) is 5.32 Å². The normalized spacial score (nSPS) is 10.4. The zero-order valence-electron chi connectivity index (χ0n) is 14.4. The van der Waals surface area contributed by atoms with E-state index >= 15 is 0 Å². The lowest BCUT2D eigenvalue weighted by Gasteiger charge is -2.13. The number of ether oxygens (including phenoxy) is 1. The van der Waals surface area contributed by atoms with E-state index in [-0.39, 0.29) is 22.9 Å². The number of rotatable bonds is 6. The molecular weight excluding hydrogens is 370 g/mol. The van der Waals surface area contributed by atoms with Crippen molar-refractivity contribution < 1.29 is 23.8 Å². The van der Waals surface area contributed by atoms with E-state index < -0.39 is 11.9 Å². The Bertz CT molecular complexity index is 982.